The molecule has 1 rings (SSSR count). The number of rotatable bonds is 11. The summed E-state index contributed by atoms with van der Waals surface area (Å²) in [4.78, 5) is 71.1. The lowest BCUT2D eigenvalue weighted by Gasteiger charge is -2.48. The fraction of sp³-hybridized carbons (Fsp3) is 0.696. The zero-order chi connectivity index (χ0) is 29.9. The molecule has 1 aliphatic rings. The zero-order valence-corrected chi connectivity index (χ0v) is 24.3. The monoisotopic (exact) mass is 595 g/mol. The first-order valence-electron chi connectivity index (χ1n) is 11.7. The number of carbonyl (C=O) groups is 6. The second-order valence-electron chi connectivity index (χ2n) is 8.21. The standard InChI is InChI=1S/C23H33NO13S2/c1-8-32-22(38)39-23(21(30)31-7)9-16(34-13(4)27)18(24-11(2)25)20(37-23)19(36-15(6)29)17(35-14(5)28)10-33-12(3)26/h16-20H,8-10H2,1-7H3,(H,24,25)/t16-,17+,18+,19+,20+,23-/m0/s1. The van der Waals surface area contributed by atoms with E-state index in [9.17, 15) is 28.8 Å². The first-order valence-corrected chi connectivity index (χ1v) is 12.9. The molecule has 39 heavy (non-hydrogen) atoms. The molecule has 0 aromatic heterocycles. The van der Waals surface area contributed by atoms with Crippen molar-refractivity contribution in [3.8, 4) is 0 Å². The van der Waals surface area contributed by atoms with Crippen LogP contribution in [0.2, 0.25) is 0 Å². The second kappa shape index (κ2) is 15.6. The number of carbonyl (C=O) groups excluding carboxylic acids is 6. The van der Waals surface area contributed by atoms with Crippen LogP contribution in [-0.4, -0.2) is 95.9 Å². The van der Waals surface area contributed by atoms with Crippen LogP contribution in [0.4, 0.5) is 0 Å². The molecule has 1 heterocycles. The van der Waals surface area contributed by atoms with Crippen LogP contribution in [0, 0.1) is 0 Å². The number of thioether (sulfide) groups is 1. The SMILES string of the molecule is CCOC(=S)S[C@]1(C(=O)OC)C[C@H](OC(C)=O)[C@@H](NC(C)=O)[C@H]([C@H](OC(C)=O)[C@@H](COC(C)=O)OC(C)=O)O1. The molecule has 16 heteroatoms. The number of hydrogen-bond donors (Lipinski definition) is 1. The largest absolute Gasteiger partial charge is 0.479 e. The molecule has 0 aromatic rings. The molecular weight excluding hydrogens is 562 g/mol. The minimum Gasteiger partial charge on any atom is -0.479 e. The van der Waals surface area contributed by atoms with Gasteiger partial charge in [0.05, 0.1) is 19.8 Å². The average molecular weight is 596 g/mol. The average Bonchev–Trinajstić information content (AvgIpc) is 2.80. The van der Waals surface area contributed by atoms with E-state index >= 15 is 0 Å². The van der Waals surface area contributed by atoms with Crippen molar-refractivity contribution >= 4 is 64.1 Å². The molecule has 1 saturated heterocycles. The molecule has 0 radical (unpaired) electrons. The Morgan fingerprint density at radius 1 is 0.974 bits per heavy atom. The number of methoxy groups -OCH3 is 1. The Kier molecular flexibility index (Phi) is 13.6. The number of nitrogens with one attached hydrogen (secondary N) is 1. The summed E-state index contributed by atoms with van der Waals surface area (Å²) < 4.78 is 37.6. The third kappa shape index (κ3) is 10.6. The maximum atomic E-state index is 13.2. The molecule has 0 spiro atoms. The minimum atomic E-state index is -2.04. The van der Waals surface area contributed by atoms with E-state index in [2.05, 4.69) is 5.32 Å². The van der Waals surface area contributed by atoms with Crippen LogP contribution in [0.3, 0.4) is 0 Å². The van der Waals surface area contributed by atoms with Gasteiger partial charge in [0.15, 0.2) is 12.2 Å². The van der Waals surface area contributed by atoms with Crippen molar-refractivity contribution in [3.05, 3.63) is 0 Å². The topological polar surface area (TPSA) is 179 Å². The van der Waals surface area contributed by atoms with Crippen molar-refractivity contribution in [1.82, 2.24) is 5.32 Å². The number of thiocarbonyl (C=S) groups is 1. The predicted octanol–water partition coefficient (Wildman–Crippen LogP) is 0.562. The summed E-state index contributed by atoms with van der Waals surface area (Å²) in [5.41, 5.74) is 0. The van der Waals surface area contributed by atoms with E-state index in [-0.39, 0.29) is 17.4 Å². The molecule has 14 nitrogen and oxygen atoms in total. The lowest BCUT2D eigenvalue weighted by Crippen LogP contribution is -2.68. The van der Waals surface area contributed by atoms with Gasteiger partial charge in [-0.25, -0.2) is 4.79 Å². The Bertz CT molecular complexity index is 958. The van der Waals surface area contributed by atoms with Gasteiger partial charge in [-0.3, -0.25) is 24.0 Å². The van der Waals surface area contributed by atoms with E-state index in [1.165, 1.54) is 6.92 Å². The van der Waals surface area contributed by atoms with Crippen molar-refractivity contribution in [2.24, 2.45) is 0 Å². The van der Waals surface area contributed by atoms with Gasteiger partial charge in [0.2, 0.25) is 15.2 Å². The maximum Gasteiger partial charge on any atom is 0.349 e. The summed E-state index contributed by atoms with van der Waals surface area (Å²) in [6.07, 6.45) is -6.29. The maximum absolute atomic E-state index is 13.2. The predicted molar refractivity (Wildman–Crippen MR) is 137 cm³/mol. The van der Waals surface area contributed by atoms with Crippen LogP contribution in [0.25, 0.3) is 0 Å². The second-order valence-corrected chi connectivity index (χ2v) is 10.1. The van der Waals surface area contributed by atoms with Crippen LogP contribution >= 0.6 is 24.0 Å². The molecular formula is C23H33NO13S2. The van der Waals surface area contributed by atoms with E-state index in [0.717, 1.165) is 34.8 Å². The van der Waals surface area contributed by atoms with Crippen LogP contribution < -0.4 is 5.32 Å². The van der Waals surface area contributed by atoms with Crippen molar-refractivity contribution in [2.45, 2.75) is 83.4 Å². The molecule has 1 aliphatic heterocycles. The van der Waals surface area contributed by atoms with Gasteiger partial charge in [0, 0.05) is 41.0 Å². The molecule has 1 amide bonds. The van der Waals surface area contributed by atoms with Crippen molar-refractivity contribution in [1.29, 1.82) is 0 Å². The Balaban J connectivity index is 3.85. The third-order valence-corrected chi connectivity index (χ3v) is 6.42. The molecule has 0 saturated carbocycles. The third-order valence-electron chi connectivity index (χ3n) is 5.01. The summed E-state index contributed by atoms with van der Waals surface area (Å²) in [6, 6.07) is -1.26. The zero-order valence-electron chi connectivity index (χ0n) is 22.6. The van der Waals surface area contributed by atoms with Crippen LogP contribution in [-0.2, 0) is 61.9 Å². The van der Waals surface area contributed by atoms with E-state index in [1.54, 1.807) is 6.92 Å². The van der Waals surface area contributed by atoms with E-state index in [4.69, 9.17) is 45.4 Å². The van der Waals surface area contributed by atoms with Gasteiger partial charge in [0.1, 0.15) is 18.8 Å². The highest BCUT2D eigenvalue weighted by Crippen LogP contribution is 2.43. The number of hydrogen-bond acceptors (Lipinski definition) is 15. The summed E-state index contributed by atoms with van der Waals surface area (Å²) in [6.45, 7) is 6.73. The molecule has 0 aromatic carbocycles. The van der Waals surface area contributed by atoms with Gasteiger partial charge in [-0.05, 0) is 30.9 Å². The molecule has 0 unspecified atom stereocenters. The Labute approximate surface area is 235 Å². The highest BCUT2D eigenvalue weighted by Gasteiger charge is 2.59. The van der Waals surface area contributed by atoms with Crippen LogP contribution in [0.15, 0.2) is 0 Å². The van der Waals surface area contributed by atoms with Crippen molar-refractivity contribution in [3.63, 3.8) is 0 Å². The summed E-state index contributed by atoms with van der Waals surface area (Å²) >= 11 is 5.85. The van der Waals surface area contributed by atoms with Gasteiger partial charge in [-0.1, -0.05) is 0 Å². The quantitative estimate of drug-likeness (QED) is 0.199. The normalized spacial score (nSPS) is 23.7. The number of esters is 5. The van der Waals surface area contributed by atoms with Crippen molar-refractivity contribution in [2.75, 3.05) is 20.3 Å². The van der Waals surface area contributed by atoms with E-state index < -0.39 is 77.8 Å². The molecule has 1 fully saturated rings. The van der Waals surface area contributed by atoms with Gasteiger partial charge in [-0.2, -0.15) is 0 Å². The lowest BCUT2D eigenvalue weighted by molar-refractivity contribution is -0.223. The smallest absolute Gasteiger partial charge is 0.349 e. The first-order chi connectivity index (χ1) is 18.1. The molecule has 0 bridgehead atoms. The molecule has 1 N–H and O–H groups in total. The number of ether oxygens (including phenoxy) is 7. The highest BCUT2D eigenvalue weighted by molar-refractivity contribution is 8.23. The summed E-state index contributed by atoms with van der Waals surface area (Å²) in [5.74, 6) is -4.79. The van der Waals surface area contributed by atoms with E-state index in [1.807, 2.05) is 0 Å². The van der Waals surface area contributed by atoms with Gasteiger partial charge in [0.25, 0.3) is 0 Å². The summed E-state index contributed by atoms with van der Waals surface area (Å²) in [7, 11) is 1.08. The fourth-order valence-corrected chi connectivity index (χ4v) is 5.33. The molecule has 6 atom stereocenters. The Morgan fingerprint density at radius 3 is 2.05 bits per heavy atom. The summed E-state index contributed by atoms with van der Waals surface area (Å²) in [5, 5.41) is 2.58. The minimum absolute atomic E-state index is 0.123. The Hall–Kier alpha value is -2.98. The fourth-order valence-electron chi connectivity index (χ4n) is 3.78. The van der Waals surface area contributed by atoms with Gasteiger partial charge < -0.3 is 38.5 Å². The molecule has 0 aliphatic carbocycles. The van der Waals surface area contributed by atoms with E-state index in [0.29, 0.717) is 11.8 Å². The Morgan fingerprint density at radius 2 is 1.59 bits per heavy atom. The van der Waals surface area contributed by atoms with Crippen LogP contribution in [0.5, 0.6) is 0 Å². The number of amides is 1. The molecule has 220 valence electrons. The first kappa shape index (κ1) is 34.0. The van der Waals surface area contributed by atoms with Gasteiger partial charge >= 0.3 is 29.8 Å². The van der Waals surface area contributed by atoms with Crippen molar-refractivity contribution < 1.29 is 61.9 Å². The lowest BCUT2D eigenvalue weighted by atomic mass is 9.89. The highest BCUT2D eigenvalue weighted by atomic mass is 32.2. The van der Waals surface area contributed by atoms with Crippen LogP contribution in [0.1, 0.15) is 48.0 Å². The van der Waals surface area contributed by atoms with Gasteiger partial charge in [-0.15, -0.1) is 0 Å².